The molecule has 9 heteroatoms. The third kappa shape index (κ3) is 5.37. The number of benzene rings is 1. The van der Waals surface area contributed by atoms with E-state index in [1.165, 1.54) is 12.3 Å². The molecule has 0 aliphatic carbocycles. The Hall–Kier alpha value is -2.29. The van der Waals surface area contributed by atoms with Crippen LogP contribution in [0.5, 0.6) is 0 Å². The van der Waals surface area contributed by atoms with Crippen LogP contribution in [0.2, 0.25) is 5.02 Å². The van der Waals surface area contributed by atoms with Crippen LogP contribution in [0.3, 0.4) is 0 Å². The molecule has 1 aromatic carbocycles. The van der Waals surface area contributed by atoms with Gasteiger partial charge in [-0.1, -0.05) is 23.7 Å². The van der Waals surface area contributed by atoms with E-state index in [-0.39, 0.29) is 12.3 Å². The summed E-state index contributed by atoms with van der Waals surface area (Å²) in [4.78, 5) is 25.7. The molecule has 7 nitrogen and oxygen atoms in total. The lowest BCUT2D eigenvalue weighted by Crippen LogP contribution is -2.41. The van der Waals surface area contributed by atoms with Crippen molar-refractivity contribution >= 4 is 36.2 Å². The second-order valence-corrected chi connectivity index (χ2v) is 10.2. The molecule has 172 valence electrons. The van der Waals surface area contributed by atoms with Crippen molar-refractivity contribution in [1.82, 2.24) is 4.57 Å². The number of carbonyl (C=O) groups is 2. The number of hydrogen-bond acceptors (Lipinski definition) is 6. The minimum absolute atomic E-state index is 0.0259. The Balaban J connectivity index is 1.88. The van der Waals surface area contributed by atoms with E-state index in [1.807, 2.05) is 27.7 Å². The number of carbonyl (C=O) groups excluding carboxylic acids is 2. The molecule has 1 aromatic heterocycles. The molecule has 1 aliphatic rings. The van der Waals surface area contributed by atoms with Crippen LogP contribution < -0.4 is 5.46 Å². The fourth-order valence-electron chi connectivity index (χ4n) is 3.01. The summed E-state index contributed by atoms with van der Waals surface area (Å²) in [7, 11) is -0.744. The third-order valence-corrected chi connectivity index (χ3v) is 5.70. The van der Waals surface area contributed by atoms with Crippen LogP contribution in [-0.2, 0) is 25.4 Å². The second kappa shape index (κ2) is 8.58. The molecule has 2 aromatic rings. The van der Waals surface area contributed by atoms with Gasteiger partial charge >= 0.3 is 19.2 Å². The molecule has 0 N–H and O–H groups in total. The number of aromatic nitrogens is 1. The SMILES string of the molecule is CC(C)(C)OC(=O)n1cc(B2OC(C)(C)C(C)(C)O2)cc1C(=O)OCc1ccc(Cl)cc1. The van der Waals surface area contributed by atoms with Gasteiger partial charge < -0.3 is 18.8 Å². The lowest BCUT2D eigenvalue weighted by atomic mass is 9.81. The number of hydrogen-bond donors (Lipinski definition) is 0. The maximum Gasteiger partial charge on any atom is 0.496 e. The molecule has 0 atom stereocenters. The fourth-order valence-corrected chi connectivity index (χ4v) is 3.14. The van der Waals surface area contributed by atoms with E-state index in [0.29, 0.717) is 10.5 Å². The topological polar surface area (TPSA) is 76.0 Å². The number of ether oxygens (including phenoxy) is 2. The normalized spacial score (nSPS) is 17.3. The summed E-state index contributed by atoms with van der Waals surface area (Å²) in [5.41, 5.74) is -0.562. The quantitative estimate of drug-likeness (QED) is 0.490. The Bertz CT molecular complexity index is 990. The van der Waals surface area contributed by atoms with Crippen molar-refractivity contribution in [1.29, 1.82) is 0 Å². The van der Waals surface area contributed by atoms with Gasteiger partial charge in [0.05, 0.1) is 11.2 Å². The van der Waals surface area contributed by atoms with Gasteiger partial charge in [0, 0.05) is 16.7 Å². The monoisotopic (exact) mass is 461 g/mol. The van der Waals surface area contributed by atoms with Crippen molar-refractivity contribution in [3.63, 3.8) is 0 Å². The molecule has 1 saturated heterocycles. The van der Waals surface area contributed by atoms with Crippen LogP contribution in [0.1, 0.15) is 64.5 Å². The van der Waals surface area contributed by atoms with Crippen LogP contribution >= 0.6 is 11.6 Å². The highest BCUT2D eigenvalue weighted by molar-refractivity contribution is 6.62. The molecule has 0 bridgehead atoms. The predicted octanol–water partition coefficient (Wildman–Crippen LogP) is 4.58. The summed E-state index contributed by atoms with van der Waals surface area (Å²) in [5, 5.41) is 0.589. The highest BCUT2D eigenvalue weighted by Crippen LogP contribution is 2.36. The van der Waals surface area contributed by atoms with E-state index in [2.05, 4.69) is 0 Å². The summed E-state index contributed by atoms with van der Waals surface area (Å²) in [5.74, 6) is -0.673. The molecule has 2 heterocycles. The fraction of sp³-hybridized carbons (Fsp3) is 0.478. The van der Waals surface area contributed by atoms with Crippen LogP contribution in [0, 0.1) is 0 Å². The van der Waals surface area contributed by atoms with Gasteiger partial charge in [0.1, 0.15) is 17.9 Å². The number of esters is 1. The van der Waals surface area contributed by atoms with Crippen molar-refractivity contribution in [2.45, 2.75) is 71.9 Å². The van der Waals surface area contributed by atoms with E-state index in [0.717, 1.165) is 10.1 Å². The third-order valence-electron chi connectivity index (χ3n) is 5.45. The van der Waals surface area contributed by atoms with Crippen molar-refractivity contribution < 1.29 is 28.4 Å². The van der Waals surface area contributed by atoms with Crippen LogP contribution in [0.4, 0.5) is 4.79 Å². The summed E-state index contributed by atoms with van der Waals surface area (Å²) >= 11 is 5.90. The van der Waals surface area contributed by atoms with E-state index in [9.17, 15) is 9.59 Å². The van der Waals surface area contributed by atoms with Gasteiger partial charge in [0.2, 0.25) is 0 Å². The summed E-state index contributed by atoms with van der Waals surface area (Å²) in [6.45, 7) is 13.0. The van der Waals surface area contributed by atoms with Crippen molar-refractivity contribution in [2.75, 3.05) is 0 Å². The average Bonchev–Trinajstić information content (AvgIpc) is 3.19. The van der Waals surface area contributed by atoms with Gasteiger partial charge in [-0.15, -0.1) is 0 Å². The second-order valence-electron chi connectivity index (χ2n) is 9.80. The van der Waals surface area contributed by atoms with Crippen LogP contribution in [0.15, 0.2) is 36.5 Å². The lowest BCUT2D eigenvalue weighted by molar-refractivity contribution is 0.00578. The molecule has 1 fully saturated rings. The first-order valence-electron chi connectivity index (χ1n) is 10.4. The van der Waals surface area contributed by atoms with Crippen molar-refractivity contribution in [3.8, 4) is 0 Å². The minimum atomic E-state index is -0.744. The molecule has 1 aliphatic heterocycles. The maximum absolute atomic E-state index is 12.9. The van der Waals surface area contributed by atoms with Gasteiger partial charge in [0.15, 0.2) is 0 Å². The van der Waals surface area contributed by atoms with Crippen LogP contribution in [0.25, 0.3) is 0 Å². The maximum atomic E-state index is 12.9. The zero-order valence-corrected chi connectivity index (χ0v) is 20.3. The van der Waals surface area contributed by atoms with Gasteiger partial charge in [-0.2, -0.15) is 0 Å². The first kappa shape index (κ1) is 24.4. The molecule has 3 rings (SSSR count). The number of nitrogens with zero attached hydrogens (tertiary/aromatic N) is 1. The minimum Gasteiger partial charge on any atom is -0.456 e. The Kier molecular flexibility index (Phi) is 6.53. The Morgan fingerprint density at radius 1 is 1.06 bits per heavy atom. The number of halogens is 1. The zero-order chi connectivity index (χ0) is 23.9. The summed E-state index contributed by atoms with van der Waals surface area (Å²) in [6.07, 6.45) is 0.800. The first-order chi connectivity index (χ1) is 14.7. The van der Waals surface area contributed by atoms with Gasteiger partial charge in [0.25, 0.3) is 0 Å². The van der Waals surface area contributed by atoms with E-state index in [4.69, 9.17) is 30.4 Å². The highest BCUT2D eigenvalue weighted by atomic mass is 35.5. The molecule has 0 spiro atoms. The molecular formula is C23H29BClNO6. The Morgan fingerprint density at radius 3 is 2.16 bits per heavy atom. The standard InChI is InChI=1S/C23H29BClNO6/c1-21(2,3)30-20(28)26-13-16(24-31-22(4,5)23(6,7)32-24)12-18(26)19(27)29-14-15-8-10-17(25)11-9-15/h8-13H,14H2,1-7H3. The van der Waals surface area contributed by atoms with Crippen molar-refractivity contribution in [2.24, 2.45) is 0 Å². The summed E-state index contributed by atoms with van der Waals surface area (Å²) in [6, 6.07) is 8.49. The van der Waals surface area contributed by atoms with Crippen molar-refractivity contribution in [3.05, 3.63) is 52.8 Å². The Morgan fingerprint density at radius 2 is 1.62 bits per heavy atom. The molecule has 0 radical (unpaired) electrons. The molecular weight excluding hydrogens is 433 g/mol. The molecule has 0 saturated carbocycles. The van der Waals surface area contributed by atoms with E-state index >= 15 is 0 Å². The molecule has 32 heavy (non-hydrogen) atoms. The smallest absolute Gasteiger partial charge is 0.456 e. The predicted molar refractivity (Wildman–Crippen MR) is 122 cm³/mol. The van der Waals surface area contributed by atoms with Gasteiger partial charge in [-0.3, -0.25) is 0 Å². The highest BCUT2D eigenvalue weighted by Gasteiger charge is 2.52. The Labute approximate surface area is 194 Å². The van der Waals surface area contributed by atoms with E-state index in [1.54, 1.807) is 45.0 Å². The van der Waals surface area contributed by atoms with E-state index < -0.39 is 36.0 Å². The van der Waals surface area contributed by atoms with Gasteiger partial charge in [-0.05, 0) is 72.2 Å². The average molecular weight is 462 g/mol. The first-order valence-corrected chi connectivity index (χ1v) is 10.8. The molecule has 0 amide bonds. The molecule has 0 unspecified atom stereocenters. The summed E-state index contributed by atoms with van der Waals surface area (Å²) < 4.78 is 24.2. The zero-order valence-electron chi connectivity index (χ0n) is 19.5. The largest absolute Gasteiger partial charge is 0.496 e. The lowest BCUT2D eigenvalue weighted by Gasteiger charge is -2.32. The number of rotatable bonds is 4. The van der Waals surface area contributed by atoms with Crippen LogP contribution in [-0.4, -0.2) is 40.6 Å². The van der Waals surface area contributed by atoms with Gasteiger partial charge in [-0.25, -0.2) is 14.2 Å².